The zero-order valence-electron chi connectivity index (χ0n) is 16.1. The molecule has 3 heterocycles. The fourth-order valence-electron chi connectivity index (χ4n) is 3.85. The van der Waals surface area contributed by atoms with E-state index in [4.69, 9.17) is 4.98 Å². The number of H-pyrrole nitrogens is 1. The van der Waals surface area contributed by atoms with Gasteiger partial charge in [0.1, 0.15) is 16.5 Å². The second-order valence-corrected chi connectivity index (χ2v) is 9.18. The average molecular weight is 424 g/mol. The summed E-state index contributed by atoms with van der Waals surface area (Å²) < 4.78 is 1.13. The van der Waals surface area contributed by atoms with E-state index in [1.807, 2.05) is 23.9 Å². The highest BCUT2D eigenvalue weighted by Gasteiger charge is 2.23. The molecule has 0 bridgehead atoms. The quantitative estimate of drug-likeness (QED) is 0.477. The number of nitrogens with zero attached hydrogens (tertiary/aromatic N) is 3. The van der Waals surface area contributed by atoms with Crippen molar-refractivity contribution in [1.29, 1.82) is 0 Å². The van der Waals surface area contributed by atoms with E-state index < -0.39 is 0 Å². The molecule has 29 heavy (non-hydrogen) atoms. The summed E-state index contributed by atoms with van der Waals surface area (Å²) in [6.07, 6.45) is 4.29. The second kappa shape index (κ2) is 7.68. The van der Waals surface area contributed by atoms with Crippen LogP contribution in [0.25, 0.3) is 32.2 Å². The lowest BCUT2D eigenvalue weighted by molar-refractivity contribution is -0.125. The number of aryl methyl sites for hydroxylation is 1. The molecule has 0 atom stereocenters. The highest BCUT2D eigenvalue weighted by Crippen LogP contribution is 2.34. The molecule has 8 heteroatoms. The lowest BCUT2D eigenvalue weighted by Gasteiger charge is -2.08. The van der Waals surface area contributed by atoms with Gasteiger partial charge in [0.2, 0.25) is 5.91 Å². The molecule has 3 aromatic heterocycles. The first-order valence-electron chi connectivity index (χ1n) is 9.80. The Bertz CT molecular complexity index is 1170. The standard InChI is InChI=1S/C21H21N5OS2/c1-12-10-28-21(24-12)19-18(14-6-7-15-16(8-14)29-11-23-15)25-17(26-19)9-22-20(27)13-4-2-3-5-13/h6-8,10-11,13H,2-5,9H2,1H3,(H,22,27)(H,25,26). The molecular formula is C21H21N5OS2. The maximum Gasteiger partial charge on any atom is 0.223 e. The van der Waals surface area contributed by atoms with Crippen molar-refractivity contribution in [3.8, 4) is 22.0 Å². The largest absolute Gasteiger partial charge is 0.349 e. The van der Waals surface area contributed by atoms with Crippen LogP contribution in [0.2, 0.25) is 0 Å². The van der Waals surface area contributed by atoms with Gasteiger partial charge in [0.05, 0.1) is 28.0 Å². The van der Waals surface area contributed by atoms with Crippen molar-refractivity contribution in [3.63, 3.8) is 0 Å². The first-order valence-corrected chi connectivity index (χ1v) is 11.6. The first-order chi connectivity index (χ1) is 14.2. The van der Waals surface area contributed by atoms with Gasteiger partial charge in [-0.2, -0.15) is 0 Å². The number of rotatable bonds is 5. The van der Waals surface area contributed by atoms with Gasteiger partial charge in [0.25, 0.3) is 0 Å². The van der Waals surface area contributed by atoms with Gasteiger partial charge in [-0.25, -0.2) is 15.0 Å². The topological polar surface area (TPSA) is 83.6 Å². The van der Waals surface area contributed by atoms with Crippen molar-refractivity contribution in [2.75, 3.05) is 0 Å². The van der Waals surface area contributed by atoms with Crippen LogP contribution in [-0.4, -0.2) is 25.8 Å². The van der Waals surface area contributed by atoms with Crippen molar-refractivity contribution in [3.05, 3.63) is 40.6 Å². The van der Waals surface area contributed by atoms with Gasteiger partial charge in [-0.3, -0.25) is 4.79 Å². The maximum atomic E-state index is 12.4. The first kappa shape index (κ1) is 18.4. The summed E-state index contributed by atoms with van der Waals surface area (Å²) in [5.41, 5.74) is 6.64. The van der Waals surface area contributed by atoms with Crippen LogP contribution in [0, 0.1) is 12.8 Å². The Morgan fingerprint density at radius 3 is 2.90 bits per heavy atom. The molecular weight excluding hydrogens is 402 g/mol. The second-order valence-electron chi connectivity index (χ2n) is 7.44. The summed E-state index contributed by atoms with van der Waals surface area (Å²) in [5.74, 6) is 1.04. The fraction of sp³-hybridized carbons (Fsp3) is 0.333. The predicted molar refractivity (Wildman–Crippen MR) is 117 cm³/mol. The SMILES string of the molecule is Cc1csc(-c2nc(CNC(=O)C3CCCC3)[nH]c2-c2ccc3ncsc3c2)n1. The minimum absolute atomic E-state index is 0.137. The van der Waals surface area contributed by atoms with Gasteiger partial charge >= 0.3 is 0 Å². The Kier molecular flexibility index (Phi) is 4.89. The number of imidazole rings is 1. The van der Waals surface area contributed by atoms with Crippen molar-refractivity contribution >= 4 is 38.8 Å². The molecule has 1 fully saturated rings. The van der Waals surface area contributed by atoms with Crippen LogP contribution >= 0.6 is 22.7 Å². The monoisotopic (exact) mass is 423 g/mol. The molecule has 0 radical (unpaired) electrons. The van der Waals surface area contributed by atoms with E-state index in [0.29, 0.717) is 6.54 Å². The Morgan fingerprint density at radius 2 is 2.10 bits per heavy atom. The molecule has 1 aliphatic carbocycles. The Hall–Kier alpha value is -2.58. The van der Waals surface area contributed by atoms with Crippen molar-refractivity contribution in [2.45, 2.75) is 39.2 Å². The molecule has 0 unspecified atom stereocenters. The number of aromatic amines is 1. The van der Waals surface area contributed by atoms with Gasteiger partial charge in [-0.1, -0.05) is 18.9 Å². The van der Waals surface area contributed by atoms with E-state index in [1.165, 1.54) is 0 Å². The number of carbonyl (C=O) groups is 1. The molecule has 5 rings (SSSR count). The summed E-state index contributed by atoms with van der Waals surface area (Å²) in [6, 6.07) is 6.21. The van der Waals surface area contributed by atoms with Crippen LogP contribution in [0.1, 0.15) is 37.2 Å². The van der Waals surface area contributed by atoms with Crippen LogP contribution in [0.4, 0.5) is 0 Å². The highest BCUT2D eigenvalue weighted by atomic mass is 32.1. The van der Waals surface area contributed by atoms with Crippen LogP contribution in [0.5, 0.6) is 0 Å². The molecule has 1 aliphatic rings. The molecule has 2 N–H and O–H groups in total. The molecule has 0 spiro atoms. The third kappa shape index (κ3) is 3.70. The molecule has 4 aromatic rings. The summed E-state index contributed by atoms with van der Waals surface area (Å²) in [4.78, 5) is 29.6. The molecule has 148 valence electrons. The summed E-state index contributed by atoms with van der Waals surface area (Å²) >= 11 is 3.21. The molecule has 0 aliphatic heterocycles. The molecule has 0 saturated heterocycles. The van der Waals surface area contributed by atoms with Gasteiger partial charge in [0.15, 0.2) is 0 Å². The molecule has 1 saturated carbocycles. The highest BCUT2D eigenvalue weighted by molar-refractivity contribution is 7.16. The van der Waals surface area contributed by atoms with Crippen LogP contribution in [-0.2, 0) is 11.3 Å². The van der Waals surface area contributed by atoms with E-state index >= 15 is 0 Å². The van der Waals surface area contributed by atoms with Gasteiger partial charge in [0, 0.05) is 22.6 Å². The zero-order chi connectivity index (χ0) is 19.8. The number of carbonyl (C=O) groups excluding carboxylic acids is 1. The Morgan fingerprint density at radius 1 is 1.24 bits per heavy atom. The summed E-state index contributed by atoms with van der Waals surface area (Å²) in [7, 11) is 0. The minimum atomic E-state index is 0.137. The van der Waals surface area contributed by atoms with Gasteiger partial charge in [-0.05, 0) is 31.9 Å². The smallest absolute Gasteiger partial charge is 0.223 e. The number of amides is 1. The van der Waals surface area contributed by atoms with E-state index in [-0.39, 0.29) is 11.8 Å². The normalized spacial score (nSPS) is 14.7. The van der Waals surface area contributed by atoms with Crippen molar-refractivity contribution < 1.29 is 4.79 Å². The van der Waals surface area contributed by atoms with Crippen molar-refractivity contribution in [2.24, 2.45) is 5.92 Å². The van der Waals surface area contributed by atoms with Crippen LogP contribution < -0.4 is 5.32 Å². The van der Waals surface area contributed by atoms with Gasteiger partial charge in [-0.15, -0.1) is 22.7 Å². The number of nitrogens with one attached hydrogen (secondary N) is 2. The molecule has 1 amide bonds. The predicted octanol–water partition coefficient (Wildman–Crippen LogP) is 4.92. The summed E-state index contributed by atoms with van der Waals surface area (Å²) in [6.45, 7) is 2.38. The van der Waals surface area contributed by atoms with E-state index in [2.05, 4.69) is 32.4 Å². The lowest BCUT2D eigenvalue weighted by Crippen LogP contribution is -2.29. The Balaban J connectivity index is 1.47. The van der Waals surface area contributed by atoms with Crippen LogP contribution in [0.3, 0.4) is 0 Å². The number of aromatic nitrogens is 4. The van der Waals surface area contributed by atoms with Crippen LogP contribution in [0.15, 0.2) is 29.1 Å². The number of hydrogen-bond acceptors (Lipinski definition) is 6. The van der Waals surface area contributed by atoms with Gasteiger partial charge < -0.3 is 10.3 Å². The van der Waals surface area contributed by atoms with Crippen molar-refractivity contribution in [1.82, 2.24) is 25.3 Å². The van der Waals surface area contributed by atoms with E-state index in [9.17, 15) is 4.79 Å². The fourth-order valence-corrected chi connectivity index (χ4v) is 5.35. The lowest BCUT2D eigenvalue weighted by atomic mass is 10.1. The number of thiazole rings is 2. The minimum Gasteiger partial charge on any atom is -0.349 e. The average Bonchev–Trinajstić information content (AvgIpc) is 3.52. The molecule has 6 nitrogen and oxygen atoms in total. The third-order valence-corrected chi connectivity index (χ3v) is 7.11. The maximum absolute atomic E-state index is 12.4. The zero-order valence-corrected chi connectivity index (χ0v) is 17.7. The third-order valence-electron chi connectivity index (χ3n) is 5.35. The van der Waals surface area contributed by atoms with E-state index in [0.717, 1.165) is 69.4 Å². The number of benzene rings is 1. The molecule has 1 aromatic carbocycles. The number of fused-ring (bicyclic) bond motifs is 1. The van der Waals surface area contributed by atoms with E-state index in [1.54, 1.807) is 22.7 Å². The number of hydrogen-bond donors (Lipinski definition) is 2. The summed E-state index contributed by atoms with van der Waals surface area (Å²) in [5, 5.41) is 5.97. The Labute approximate surface area is 176 Å².